The second-order valence-electron chi connectivity index (χ2n) is 4.21. The number of carbonyl (C=O) groups is 1. The smallest absolute Gasteiger partial charge is 0.242 e. The third-order valence-electron chi connectivity index (χ3n) is 1.76. The quantitative estimate of drug-likeness (QED) is 0.582. The summed E-state index contributed by atoms with van der Waals surface area (Å²) in [6.07, 6.45) is 0.774. The fraction of sp³-hybridized carbons (Fsp3) is 0.364. The molecule has 1 aromatic carbocycles. The van der Waals surface area contributed by atoms with Gasteiger partial charge in [0.15, 0.2) is 12.0 Å². The molecule has 1 aromatic rings. The molecule has 0 radical (unpaired) electrons. The van der Waals surface area contributed by atoms with Crippen LogP contribution >= 0.6 is 0 Å². The summed E-state index contributed by atoms with van der Waals surface area (Å²) in [4.78, 5) is 10.8. The Kier molecular flexibility index (Phi) is 3.52. The van der Waals surface area contributed by atoms with Gasteiger partial charge in [0.2, 0.25) is 8.32 Å². The summed E-state index contributed by atoms with van der Waals surface area (Å²) >= 11 is 0. The Morgan fingerprint density at radius 1 is 1.27 bits per heavy atom. The molecule has 0 bridgehead atoms. The second kappa shape index (κ2) is 4.48. The van der Waals surface area contributed by atoms with E-state index in [2.05, 4.69) is 19.6 Å². The molecule has 4 heteroatoms. The Morgan fingerprint density at radius 2 is 1.93 bits per heavy atom. The predicted molar refractivity (Wildman–Crippen MR) is 62.4 cm³/mol. The van der Waals surface area contributed by atoms with Gasteiger partial charge in [0.1, 0.15) is 5.75 Å². The second-order valence-corrected chi connectivity index (χ2v) is 8.64. The molecule has 0 aliphatic carbocycles. The highest BCUT2D eigenvalue weighted by molar-refractivity contribution is 6.70. The average molecular weight is 224 g/mol. The van der Waals surface area contributed by atoms with Gasteiger partial charge in [-0.1, -0.05) is 6.07 Å². The number of carbonyl (C=O) groups excluding carboxylic acids is 1. The van der Waals surface area contributed by atoms with Crippen molar-refractivity contribution < 1.29 is 14.0 Å². The third-order valence-corrected chi connectivity index (χ3v) is 2.59. The maximum absolute atomic E-state index is 10.8. The molecule has 0 unspecified atom stereocenters. The van der Waals surface area contributed by atoms with Crippen LogP contribution in [0.15, 0.2) is 18.2 Å². The number of ether oxygens (including phenoxy) is 1. The van der Waals surface area contributed by atoms with Gasteiger partial charge in [0.05, 0.1) is 12.7 Å². The van der Waals surface area contributed by atoms with Crippen LogP contribution in [0.5, 0.6) is 11.5 Å². The minimum Gasteiger partial charge on any atom is -0.542 e. The van der Waals surface area contributed by atoms with E-state index in [-0.39, 0.29) is 0 Å². The molecule has 0 saturated heterocycles. The van der Waals surface area contributed by atoms with Crippen molar-refractivity contribution in [3.8, 4) is 11.5 Å². The minimum atomic E-state index is -1.68. The third kappa shape index (κ3) is 3.09. The van der Waals surface area contributed by atoms with Crippen LogP contribution in [-0.2, 0) is 0 Å². The van der Waals surface area contributed by atoms with Gasteiger partial charge >= 0.3 is 0 Å². The highest BCUT2D eigenvalue weighted by atomic mass is 28.4. The fourth-order valence-corrected chi connectivity index (χ4v) is 2.07. The van der Waals surface area contributed by atoms with Crippen molar-refractivity contribution in [3.05, 3.63) is 23.8 Å². The number of methoxy groups -OCH3 is 1. The molecule has 0 atom stereocenters. The van der Waals surface area contributed by atoms with Gasteiger partial charge in [0.25, 0.3) is 0 Å². The predicted octanol–water partition coefficient (Wildman–Crippen LogP) is 2.72. The molecule has 0 aliphatic heterocycles. The molecule has 0 spiro atoms. The number of rotatable bonds is 4. The number of para-hydroxylation sites is 1. The van der Waals surface area contributed by atoms with Crippen LogP contribution in [0, 0.1) is 0 Å². The van der Waals surface area contributed by atoms with Crippen LogP contribution in [0.1, 0.15) is 10.4 Å². The molecular formula is C11H16O3Si. The van der Waals surface area contributed by atoms with Crippen molar-refractivity contribution in [1.29, 1.82) is 0 Å². The normalized spacial score (nSPS) is 10.9. The minimum absolute atomic E-state index is 0.522. The summed E-state index contributed by atoms with van der Waals surface area (Å²) in [7, 11) is -0.136. The number of benzene rings is 1. The molecule has 15 heavy (non-hydrogen) atoms. The molecule has 0 amide bonds. The van der Waals surface area contributed by atoms with Crippen LogP contribution in [0.3, 0.4) is 0 Å². The molecule has 0 N–H and O–H groups in total. The van der Waals surface area contributed by atoms with E-state index in [1.807, 2.05) is 6.07 Å². The Labute approximate surface area is 91.1 Å². The molecule has 1 rings (SSSR count). The van der Waals surface area contributed by atoms with E-state index in [0.717, 1.165) is 6.29 Å². The number of hydrogen-bond acceptors (Lipinski definition) is 3. The zero-order valence-electron chi connectivity index (χ0n) is 9.53. The monoisotopic (exact) mass is 224 g/mol. The van der Waals surface area contributed by atoms with E-state index in [0.29, 0.717) is 17.1 Å². The topological polar surface area (TPSA) is 35.5 Å². The highest BCUT2D eigenvalue weighted by Crippen LogP contribution is 2.31. The van der Waals surface area contributed by atoms with Gasteiger partial charge in [-0.15, -0.1) is 0 Å². The Hall–Kier alpha value is -1.29. The number of aldehydes is 1. The number of hydrogen-bond donors (Lipinski definition) is 0. The molecule has 82 valence electrons. The van der Waals surface area contributed by atoms with Gasteiger partial charge in [0, 0.05) is 0 Å². The molecular weight excluding hydrogens is 208 g/mol. The summed E-state index contributed by atoms with van der Waals surface area (Å²) in [6, 6.07) is 5.33. The van der Waals surface area contributed by atoms with Gasteiger partial charge in [-0.25, -0.2) is 0 Å². The lowest BCUT2D eigenvalue weighted by molar-refractivity contribution is 0.112. The standard InChI is InChI=1S/C11H16O3Si/c1-13-11-9(8-12)6-5-7-10(11)14-15(2,3)4/h5-8H,1-4H3. The van der Waals surface area contributed by atoms with E-state index in [1.54, 1.807) is 19.2 Å². The largest absolute Gasteiger partial charge is 0.542 e. The van der Waals surface area contributed by atoms with Crippen LogP contribution in [-0.4, -0.2) is 21.7 Å². The maximum atomic E-state index is 10.8. The first-order valence-electron chi connectivity index (χ1n) is 4.79. The van der Waals surface area contributed by atoms with Crippen LogP contribution in [0.2, 0.25) is 19.6 Å². The summed E-state index contributed by atoms with van der Waals surface area (Å²) in [5, 5.41) is 0. The fourth-order valence-electron chi connectivity index (χ4n) is 1.25. The van der Waals surface area contributed by atoms with E-state index in [1.165, 1.54) is 0 Å². The van der Waals surface area contributed by atoms with Crippen LogP contribution in [0.4, 0.5) is 0 Å². The Morgan fingerprint density at radius 3 is 2.40 bits per heavy atom. The van der Waals surface area contributed by atoms with Gasteiger partial charge in [-0.2, -0.15) is 0 Å². The Bertz CT molecular complexity index is 355. The van der Waals surface area contributed by atoms with Gasteiger partial charge in [-0.05, 0) is 31.8 Å². The lowest BCUT2D eigenvalue weighted by Crippen LogP contribution is -2.29. The first-order chi connectivity index (χ1) is 6.98. The van der Waals surface area contributed by atoms with E-state index >= 15 is 0 Å². The van der Waals surface area contributed by atoms with E-state index in [4.69, 9.17) is 9.16 Å². The highest BCUT2D eigenvalue weighted by Gasteiger charge is 2.19. The molecule has 0 aliphatic rings. The zero-order chi connectivity index (χ0) is 11.5. The summed E-state index contributed by atoms with van der Waals surface area (Å²) in [5.41, 5.74) is 0.522. The van der Waals surface area contributed by atoms with Crippen molar-refractivity contribution >= 4 is 14.6 Å². The maximum Gasteiger partial charge on any atom is 0.242 e. The van der Waals surface area contributed by atoms with Gasteiger partial charge < -0.3 is 9.16 Å². The molecule has 0 aromatic heterocycles. The zero-order valence-corrected chi connectivity index (χ0v) is 10.5. The summed E-state index contributed by atoms with van der Waals surface area (Å²) in [6.45, 7) is 6.25. The lowest BCUT2D eigenvalue weighted by Gasteiger charge is -2.21. The average Bonchev–Trinajstić information content (AvgIpc) is 2.15. The van der Waals surface area contributed by atoms with Crippen LogP contribution in [0.25, 0.3) is 0 Å². The van der Waals surface area contributed by atoms with E-state index < -0.39 is 8.32 Å². The van der Waals surface area contributed by atoms with Crippen molar-refractivity contribution in [1.82, 2.24) is 0 Å². The van der Waals surface area contributed by atoms with Crippen molar-refractivity contribution in [2.75, 3.05) is 7.11 Å². The summed E-state index contributed by atoms with van der Waals surface area (Å²) in [5.74, 6) is 1.18. The van der Waals surface area contributed by atoms with E-state index in [9.17, 15) is 4.79 Å². The van der Waals surface area contributed by atoms with Crippen molar-refractivity contribution in [2.45, 2.75) is 19.6 Å². The van der Waals surface area contributed by atoms with Crippen molar-refractivity contribution in [2.24, 2.45) is 0 Å². The summed E-state index contributed by atoms with van der Waals surface area (Å²) < 4.78 is 11.0. The molecule has 0 saturated carbocycles. The Balaban J connectivity index is 3.12. The molecule has 3 nitrogen and oxygen atoms in total. The lowest BCUT2D eigenvalue weighted by atomic mass is 10.2. The van der Waals surface area contributed by atoms with Gasteiger partial charge in [-0.3, -0.25) is 4.79 Å². The first kappa shape index (κ1) is 11.8. The first-order valence-corrected chi connectivity index (χ1v) is 8.20. The molecule has 0 heterocycles. The molecule has 0 fully saturated rings. The van der Waals surface area contributed by atoms with Crippen LogP contribution < -0.4 is 9.16 Å². The van der Waals surface area contributed by atoms with Crippen molar-refractivity contribution in [3.63, 3.8) is 0 Å². The SMILES string of the molecule is COc1c(C=O)cccc1O[Si](C)(C)C.